The average molecular weight is 276 g/mol. The van der Waals surface area contributed by atoms with E-state index in [9.17, 15) is 8.42 Å². The zero-order chi connectivity index (χ0) is 13.5. The van der Waals surface area contributed by atoms with Crippen LogP contribution in [0.15, 0.2) is 46.4 Å². The number of hydrogen-bond donors (Lipinski definition) is 1. The highest BCUT2D eigenvalue weighted by atomic mass is 32.2. The zero-order valence-electron chi connectivity index (χ0n) is 10.2. The summed E-state index contributed by atoms with van der Waals surface area (Å²) in [6.07, 6.45) is 1.82. The molecule has 0 spiro atoms. The Bertz CT molecular complexity index is 762. The van der Waals surface area contributed by atoms with Gasteiger partial charge in [-0.3, -0.25) is 14.4 Å². The summed E-state index contributed by atoms with van der Waals surface area (Å²) in [5.74, 6) is 0.376. The second-order valence-corrected chi connectivity index (χ2v) is 5.90. The molecule has 1 aromatic heterocycles. The van der Waals surface area contributed by atoms with Gasteiger partial charge < -0.3 is 0 Å². The Morgan fingerprint density at radius 1 is 1.32 bits per heavy atom. The molecule has 0 bridgehead atoms. The molecule has 3 rings (SSSR count). The van der Waals surface area contributed by atoms with Crippen LogP contribution in [0, 0.1) is 0 Å². The molecule has 0 unspecified atom stereocenters. The summed E-state index contributed by atoms with van der Waals surface area (Å²) in [4.78, 5) is 4.57. The Balaban J connectivity index is 1.95. The summed E-state index contributed by atoms with van der Waals surface area (Å²) >= 11 is 0. The van der Waals surface area contributed by atoms with E-state index in [0.29, 0.717) is 17.9 Å². The van der Waals surface area contributed by atoms with Crippen LogP contribution in [0.4, 0.5) is 0 Å². The number of hydrogen-bond acceptors (Lipinski definition) is 4. The van der Waals surface area contributed by atoms with Crippen LogP contribution in [0.5, 0.6) is 0 Å². The standard InChI is InChI=1S/C12H12N4O2S/c1-16-7-6-9(14-16)8-13-12-10-4-2-3-5-11(10)19(17,18)15-12/h2-7H,8H2,1H3,(H,13,15). The van der Waals surface area contributed by atoms with Gasteiger partial charge in [-0.1, -0.05) is 12.1 Å². The molecule has 0 radical (unpaired) electrons. The van der Waals surface area contributed by atoms with E-state index in [-0.39, 0.29) is 4.90 Å². The fourth-order valence-electron chi connectivity index (χ4n) is 1.96. The lowest BCUT2D eigenvalue weighted by Crippen LogP contribution is -2.22. The SMILES string of the molecule is Cn1ccc(CN=C2NS(=O)(=O)c3ccccc32)n1. The van der Waals surface area contributed by atoms with E-state index in [1.165, 1.54) is 0 Å². The van der Waals surface area contributed by atoms with E-state index < -0.39 is 10.0 Å². The number of rotatable bonds is 2. The molecule has 0 saturated heterocycles. The molecular weight excluding hydrogens is 264 g/mol. The number of aryl methyl sites for hydroxylation is 1. The molecule has 0 fully saturated rings. The maximum Gasteiger partial charge on any atom is 0.263 e. The molecule has 19 heavy (non-hydrogen) atoms. The van der Waals surface area contributed by atoms with E-state index in [0.717, 1.165) is 5.69 Å². The summed E-state index contributed by atoms with van der Waals surface area (Å²) in [5.41, 5.74) is 1.40. The highest BCUT2D eigenvalue weighted by Crippen LogP contribution is 2.22. The molecule has 0 saturated carbocycles. The van der Waals surface area contributed by atoms with Crippen molar-refractivity contribution in [2.75, 3.05) is 0 Å². The summed E-state index contributed by atoms with van der Waals surface area (Å²) in [6, 6.07) is 8.64. The number of nitrogens with one attached hydrogen (secondary N) is 1. The Hall–Kier alpha value is -2.15. The number of amidine groups is 1. The molecule has 2 heterocycles. The lowest BCUT2D eigenvalue weighted by Gasteiger charge is -1.97. The number of fused-ring (bicyclic) bond motifs is 1. The van der Waals surface area contributed by atoms with Crippen molar-refractivity contribution < 1.29 is 8.42 Å². The first-order chi connectivity index (χ1) is 9.06. The normalized spacial score (nSPS) is 18.3. The van der Waals surface area contributed by atoms with Gasteiger partial charge >= 0.3 is 0 Å². The molecule has 0 amide bonds. The van der Waals surface area contributed by atoms with Gasteiger partial charge in [-0.05, 0) is 18.2 Å². The van der Waals surface area contributed by atoms with Crippen LogP contribution in [0.25, 0.3) is 0 Å². The molecule has 98 valence electrons. The minimum atomic E-state index is -3.46. The molecule has 1 N–H and O–H groups in total. The van der Waals surface area contributed by atoms with E-state index in [1.807, 2.05) is 19.3 Å². The van der Waals surface area contributed by atoms with Crippen molar-refractivity contribution in [3.63, 3.8) is 0 Å². The Labute approximate surface area is 110 Å². The maximum absolute atomic E-state index is 11.9. The van der Waals surface area contributed by atoms with Gasteiger partial charge in [0.05, 0.1) is 17.1 Å². The van der Waals surface area contributed by atoms with E-state index in [1.54, 1.807) is 28.9 Å². The highest BCUT2D eigenvalue weighted by molar-refractivity contribution is 7.90. The molecule has 0 aliphatic carbocycles. The quantitative estimate of drug-likeness (QED) is 0.875. The molecule has 0 atom stereocenters. The molecule has 6 nitrogen and oxygen atoms in total. The Morgan fingerprint density at radius 2 is 2.11 bits per heavy atom. The first-order valence-corrected chi connectivity index (χ1v) is 7.20. The maximum atomic E-state index is 11.9. The summed E-state index contributed by atoms with van der Waals surface area (Å²) in [7, 11) is -1.64. The number of sulfonamides is 1. The minimum Gasteiger partial charge on any atom is -0.275 e. The van der Waals surface area contributed by atoms with Crippen LogP contribution in [0.1, 0.15) is 11.3 Å². The third-order valence-corrected chi connectivity index (χ3v) is 4.23. The van der Waals surface area contributed by atoms with Gasteiger partial charge in [0.25, 0.3) is 10.0 Å². The van der Waals surface area contributed by atoms with Gasteiger partial charge in [0.2, 0.25) is 0 Å². The lowest BCUT2D eigenvalue weighted by atomic mass is 10.2. The summed E-state index contributed by atoms with van der Waals surface area (Å²) in [6.45, 7) is 0.340. The van der Waals surface area contributed by atoms with Gasteiger partial charge in [-0.25, -0.2) is 8.42 Å². The largest absolute Gasteiger partial charge is 0.275 e. The second-order valence-electron chi connectivity index (χ2n) is 4.25. The van der Waals surface area contributed by atoms with Crippen LogP contribution in [0.3, 0.4) is 0 Å². The first kappa shape index (κ1) is 11.9. The molecule has 1 aromatic carbocycles. The topological polar surface area (TPSA) is 76.3 Å². The van der Waals surface area contributed by atoms with Crippen molar-refractivity contribution in [1.82, 2.24) is 14.5 Å². The number of benzene rings is 1. The number of aromatic nitrogens is 2. The molecular formula is C12H12N4O2S. The van der Waals surface area contributed by atoms with Crippen molar-refractivity contribution in [2.24, 2.45) is 12.0 Å². The van der Waals surface area contributed by atoms with Crippen molar-refractivity contribution in [2.45, 2.75) is 11.4 Å². The van der Waals surface area contributed by atoms with Gasteiger partial charge in [0, 0.05) is 18.8 Å². The van der Waals surface area contributed by atoms with Crippen molar-refractivity contribution in [3.05, 3.63) is 47.8 Å². The predicted molar refractivity (Wildman–Crippen MR) is 70.2 cm³/mol. The van der Waals surface area contributed by atoms with Crippen molar-refractivity contribution >= 4 is 15.9 Å². The smallest absolute Gasteiger partial charge is 0.263 e. The lowest BCUT2D eigenvalue weighted by molar-refractivity contribution is 0.595. The molecule has 1 aliphatic heterocycles. The van der Waals surface area contributed by atoms with Gasteiger partial charge in [0.15, 0.2) is 0 Å². The summed E-state index contributed by atoms with van der Waals surface area (Å²) < 4.78 is 27.9. The van der Waals surface area contributed by atoms with Crippen LogP contribution in [-0.2, 0) is 23.6 Å². The van der Waals surface area contributed by atoms with Crippen molar-refractivity contribution in [1.29, 1.82) is 0 Å². The van der Waals surface area contributed by atoms with Crippen LogP contribution >= 0.6 is 0 Å². The first-order valence-electron chi connectivity index (χ1n) is 5.71. The number of nitrogens with zero attached hydrogens (tertiary/aromatic N) is 3. The molecule has 2 aromatic rings. The van der Waals surface area contributed by atoms with Crippen LogP contribution in [-0.4, -0.2) is 24.0 Å². The fraction of sp³-hybridized carbons (Fsp3) is 0.167. The van der Waals surface area contributed by atoms with Crippen LogP contribution in [0.2, 0.25) is 0 Å². The zero-order valence-corrected chi connectivity index (χ0v) is 11.1. The van der Waals surface area contributed by atoms with E-state index in [2.05, 4.69) is 14.8 Å². The third kappa shape index (κ3) is 2.12. The average Bonchev–Trinajstić information content (AvgIpc) is 2.90. The number of aliphatic imine (C=N–C) groups is 1. The van der Waals surface area contributed by atoms with Crippen molar-refractivity contribution in [3.8, 4) is 0 Å². The monoisotopic (exact) mass is 276 g/mol. The molecule has 1 aliphatic rings. The molecule has 7 heteroatoms. The highest BCUT2D eigenvalue weighted by Gasteiger charge is 2.29. The van der Waals surface area contributed by atoms with Gasteiger partial charge in [-0.2, -0.15) is 5.10 Å². The second kappa shape index (κ2) is 4.20. The van der Waals surface area contributed by atoms with E-state index in [4.69, 9.17) is 0 Å². The minimum absolute atomic E-state index is 0.273. The predicted octanol–water partition coefficient (Wildman–Crippen LogP) is 0.659. The van der Waals surface area contributed by atoms with Gasteiger partial charge in [0.1, 0.15) is 5.84 Å². The van der Waals surface area contributed by atoms with Gasteiger partial charge in [-0.15, -0.1) is 0 Å². The van der Waals surface area contributed by atoms with E-state index >= 15 is 0 Å². The Kier molecular flexibility index (Phi) is 2.63. The fourth-order valence-corrected chi connectivity index (χ4v) is 3.21. The summed E-state index contributed by atoms with van der Waals surface area (Å²) in [5, 5.41) is 4.20. The van der Waals surface area contributed by atoms with Crippen LogP contribution < -0.4 is 4.72 Å². The Morgan fingerprint density at radius 3 is 2.84 bits per heavy atom. The third-order valence-electron chi connectivity index (χ3n) is 2.83.